The molecule has 0 unspecified atom stereocenters. The zero-order valence-corrected chi connectivity index (χ0v) is 14.4. The van der Waals surface area contributed by atoms with Crippen molar-refractivity contribution in [1.82, 2.24) is 0 Å². The summed E-state index contributed by atoms with van der Waals surface area (Å²) < 4.78 is 23.3. The molecule has 0 saturated heterocycles. The number of nitrogens with zero attached hydrogens (tertiary/aromatic N) is 1. The van der Waals surface area contributed by atoms with E-state index in [1.807, 2.05) is 0 Å². The Morgan fingerprint density at radius 1 is 1.19 bits per heavy atom. The van der Waals surface area contributed by atoms with E-state index in [-0.39, 0.29) is 43.4 Å². The van der Waals surface area contributed by atoms with Crippen LogP contribution in [0.4, 0.5) is 15.8 Å². The number of rotatable bonds is 10. The van der Waals surface area contributed by atoms with Crippen LogP contribution in [0.25, 0.3) is 0 Å². The van der Waals surface area contributed by atoms with Crippen LogP contribution in [-0.2, 0) is 4.74 Å². The zero-order chi connectivity index (χ0) is 19.6. The van der Waals surface area contributed by atoms with E-state index in [0.29, 0.717) is 17.9 Å². The molecule has 27 heavy (non-hydrogen) atoms. The van der Waals surface area contributed by atoms with Crippen LogP contribution in [0, 0.1) is 15.9 Å². The van der Waals surface area contributed by atoms with E-state index in [2.05, 4.69) is 5.32 Å². The fourth-order valence-electron chi connectivity index (χ4n) is 2.18. The molecule has 0 aliphatic carbocycles. The van der Waals surface area contributed by atoms with Gasteiger partial charge in [-0.25, -0.2) is 9.18 Å². The summed E-state index contributed by atoms with van der Waals surface area (Å²) in [5.41, 5.74) is 0.107. The average Bonchev–Trinajstić information content (AvgIpc) is 2.67. The number of hydrogen-bond donors (Lipinski definition) is 2. The number of benzene rings is 2. The number of esters is 1. The minimum Gasteiger partial charge on any atom is -0.493 e. The van der Waals surface area contributed by atoms with Crippen molar-refractivity contribution in [3.05, 3.63) is 64.0 Å². The Hall–Kier alpha value is -3.20. The van der Waals surface area contributed by atoms with Gasteiger partial charge in [-0.05, 0) is 30.3 Å². The van der Waals surface area contributed by atoms with Crippen molar-refractivity contribution < 1.29 is 28.7 Å². The molecule has 0 heterocycles. The quantitative estimate of drug-likeness (QED) is 0.283. The van der Waals surface area contributed by atoms with Gasteiger partial charge in [0.25, 0.3) is 5.69 Å². The van der Waals surface area contributed by atoms with Crippen LogP contribution in [0.5, 0.6) is 5.75 Å². The number of nitro benzene ring substituents is 1. The fourth-order valence-corrected chi connectivity index (χ4v) is 2.18. The van der Waals surface area contributed by atoms with E-state index < -0.39 is 10.9 Å². The van der Waals surface area contributed by atoms with E-state index in [0.717, 1.165) is 6.07 Å². The highest BCUT2D eigenvalue weighted by atomic mass is 19.1. The predicted molar refractivity (Wildman–Crippen MR) is 95.5 cm³/mol. The van der Waals surface area contributed by atoms with Crippen LogP contribution >= 0.6 is 0 Å². The summed E-state index contributed by atoms with van der Waals surface area (Å²) in [6, 6.07) is 9.30. The second-order valence-corrected chi connectivity index (χ2v) is 5.43. The Kier molecular flexibility index (Phi) is 7.50. The monoisotopic (exact) mass is 378 g/mol. The number of aliphatic hydroxyl groups is 1. The molecule has 0 saturated carbocycles. The highest BCUT2D eigenvalue weighted by Crippen LogP contribution is 2.23. The predicted octanol–water partition coefficient (Wildman–Crippen LogP) is 2.76. The normalized spacial score (nSPS) is 10.3. The molecule has 2 N–H and O–H groups in total. The summed E-state index contributed by atoms with van der Waals surface area (Å²) in [7, 11) is 0. The molecule has 0 fully saturated rings. The van der Waals surface area contributed by atoms with Crippen LogP contribution < -0.4 is 10.1 Å². The van der Waals surface area contributed by atoms with E-state index in [4.69, 9.17) is 14.6 Å². The first-order valence-electron chi connectivity index (χ1n) is 8.20. The van der Waals surface area contributed by atoms with Gasteiger partial charge in [-0.1, -0.05) is 0 Å². The smallest absolute Gasteiger partial charge is 0.340 e. The van der Waals surface area contributed by atoms with Crippen molar-refractivity contribution in [3.8, 4) is 5.75 Å². The van der Waals surface area contributed by atoms with Crippen molar-refractivity contribution in [2.75, 3.05) is 31.7 Å². The third-order valence-corrected chi connectivity index (χ3v) is 3.47. The lowest BCUT2D eigenvalue weighted by Crippen LogP contribution is -2.14. The maximum atomic E-state index is 12.8. The van der Waals surface area contributed by atoms with Crippen LogP contribution in [0.15, 0.2) is 42.5 Å². The summed E-state index contributed by atoms with van der Waals surface area (Å²) in [6.45, 7) is 0.321. The molecular weight excluding hydrogens is 359 g/mol. The third kappa shape index (κ3) is 6.23. The fraction of sp³-hybridized carbons (Fsp3) is 0.278. The van der Waals surface area contributed by atoms with Gasteiger partial charge >= 0.3 is 5.97 Å². The lowest BCUT2D eigenvalue weighted by Gasteiger charge is -2.11. The molecule has 9 heteroatoms. The topological polar surface area (TPSA) is 111 Å². The zero-order valence-electron chi connectivity index (χ0n) is 14.4. The van der Waals surface area contributed by atoms with Gasteiger partial charge in [0.05, 0.1) is 30.3 Å². The van der Waals surface area contributed by atoms with Crippen LogP contribution in [-0.4, -0.2) is 42.4 Å². The lowest BCUT2D eigenvalue weighted by molar-refractivity contribution is -0.384. The third-order valence-electron chi connectivity index (χ3n) is 3.47. The second-order valence-electron chi connectivity index (χ2n) is 5.43. The standard InChI is InChI=1S/C18H19FN2O6/c19-13-2-5-15(6-3-13)26-10-1-11-27-18(23)16-12-14(21(24)25)4-7-17(16)20-8-9-22/h2-7,12,20,22H,1,8-11H2. The molecule has 2 rings (SSSR count). The lowest BCUT2D eigenvalue weighted by atomic mass is 10.1. The Bertz CT molecular complexity index is 782. The van der Waals surface area contributed by atoms with E-state index in [9.17, 15) is 19.3 Å². The van der Waals surface area contributed by atoms with Crippen LogP contribution in [0.1, 0.15) is 16.8 Å². The summed E-state index contributed by atoms with van der Waals surface area (Å²) in [6.07, 6.45) is 0.386. The van der Waals surface area contributed by atoms with Crippen molar-refractivity contribution in [1.29, 1.82) is 0 Å². The first-order chi connectivity index (χ1) is 13.0. The van der Waals surface area contributed by atoms with Gasteiger partial charge in [0.2, 0.25) is 0 Å². The number of nitrogens with one attached hydrogen (secondary N) is 1. The number of non-ortho nitro benzene ring substituents is 1. The van der Waals surface area contributed by atoms with Gasteiger partial charge < -0.3 is 19.9 Å². The van der Waals surface area contributed by atoms with Gasteiger partial charge in [-0.3, -0.25) is 10.1 Å². The number of ether oxygens (including phenoxy) is 2. The van der Waals surface area contributed by atoms with Gasteiger partial charge in [0, 0.05) is 30.8 Å². The van der Waals surface area contributed by atoms with Gasteiger partial charge in [-0.15, -0.1) is 0 Å². The average molecular weight is 378 g/mol. The van der Waals surface area contributed by atoms with Gasteiger partial charge in [-0.2, -0.15) is 0 Å². The van der Waals surface area contributed by atoms with Crippen molar-refractivity contribution >= 4 is 17.3 Å². The molecule has 0 bridgehead atoms. The Labute approximate surface area is 154 Å². The first-order valence-corrected chi connectivity index (χ1v) is 8.20. The van der Waals surface area contributed by atoms with E-state index >= 15 is 0 Å². The maximum Gasteiger partial charge on any atom is 0.340 e. The second kappa shape index (κ2) is 10.1. The Morgan fingerprint density at radius 3 is 2.59 bits per heavy atom. The van der Waals surface area contributed by atoms with E-state index in [1.165, 1.54) is 36.4 Å². The molecule has 0 amide bonds. The highest BCUT2D eigenvalue weighted by molar-refractivity contribution is 5.96. The summed E-state index contributed by atoms with van der Waals surface area (Å²) in [4.78, 5) is 22.5. The highest BCUT2D eigenvalue weighted by Gasteiger charge is 2.18. The Morgan fingerprint density at radius 2 is 1.93 bits per heavy atom. The molecule has 0 atom stereocenters. The largest absolute Gasteiger partial charge is 0.493 e. The number of nitro groups is 1. The number of halogens is 1. The van der Waals surface area contributed by atoms with Crippen molar-refractivity contribution in [2.45, 2.75) is 6.42 Å². The molecule has 0 aliphatic heterocycles. The molecule has 8 nitrogen and oxygen atoms in total. The minimum absolute atomic E-state index is 0.0112. The number of aliphatic hydroxyl groups excluding tert-OH is 1. The Balaban J connectivity index is 1.88. The number of hydrogen-bond acceptors (Lipinski definition) is 7. The minimum atomic E-state index is -0.721. The molecule has 2 aromatic rings. The number of carbonyl (C=O) groups is 1. The van der Waals surface area contributed by atoms with Gasteiger partial charge in [0.1, 0.15) is 11.6 Å². The molecule has 0 radical (unpaired) electrons. The molecule has 144 valence electrons. The van der Waals surface area contributed by atoms with Crippen LogP contribution in [0.3, 0.4) is 0 Å². The molecule has 0 aromatic heterocycles. The van der Waals surface area contributed by atoms with Crippen LogP contribution in [0.2, 0.25) is 0 Å². The van der Waals surface area contributed by atoms with Crippen molar-refractivity contribution in [2.24, 2.45) is 0 Å². The number of carbonyl (C=O) groups excluding carboxylic acids is 1. The van der Waals surface area contributed by atoms with Crippen molar-refractivity contribution in [3.63, 3.8) is 0 Å². The van der Waals surface area contributed by atoms with Gasteiger partial charge in [0.15, 0.2) is 0 Å². The SMILES string of the molecule is O=C(OCCCOc1ccc(F)cc1)c1cc([N+](=O)[O-])ccc1NCCO. The summed E-state index contributed by atoms with van der Waals surface area (Å²) in [5, 5.41) is 22.6. The summed E-state index contributed by atoms with van der Waals surface area (Å²) >= 11 is 0. The molecular formula is C18H19FN2O6. The molecule has 0 aliphatic rings. The maximum absolute atomic E-state index is 12.8. The molecule has 2 aromatic carbocycles. The first kappa shape index (κ1) is 20.1. The van der Waals surface area contributed by atoms with E-state index in [1.54, 1.807) is 0 Å². The number of anilines is 1. The summed E-state index contributed by atoms with van der Waals surface area (Å²) in [5.74, 6) is -0.586. The molecule has 0 spiro atoms.